The SMILES string of the molecule is [CH2]CN(N)C=O. The number of carbonyl (C=O) groups excluding carboxylic acids is 1. The Hall–Kier alpha value is -0.570. The molecule has 2 N–H and O–H groups in total. The maximum atomic E-state index is 9.50. The average Bonchev–Trinajstić information content (AvgIpc) is 1.65. The van der Waals surface area contributed by atoms with E-state index in [4.69, 9.17) is 5.84 Å². The summed E-state index contributed by atoms with van der Waals surface area (Å²) >= 11 is 0. The molecule has 35 valence electrons. The Bertz CT molecular complexity index is 46.1. The van der Waals surface area contributed by atoms with Crippen molar-refractivity contribution in [2.75, 3.05) is 6.54 Å². The molecule has 1 radical (unpaired) electrons. The molecule has 6 heavy (non-hydrogen) atoms. The van der Waals surface area contributed by atoms with Gasteiger partial charge in [-0.15, -0.1) is 0 Å². The predicted octanol–water partition coefficient (Wildman–Crippen LogP) is -0.847. The number of hydrazine groups is 1. The molecule has 0 saturated heterocycles. The summed E-state index contributed by atoms with van der Waals surface area (Å²) in [4.78, 5) is 9.50. The van der Waals surface area contributed by atoms with Gasteiger partial charge in [0.2, 0.25) is 6.41 Å². The van der Waals surface area contributed by atoms with Crippen LogP contribution in [0.4, 0.5) is 0 Å². The van der Waals surface area contributed by atoms with Gasteiger partial charge in [0.15, 0.2) is 0 Å². The molecular weight excluding hydrogens is 80.0 g/mol. The van der Waals surface area contributed by atoms with Crippen LogP contribution in [0.3, 0.4) is 0 Å². The van der Waals surface area contributed by atoms with Gasteiger partial charge in [0.25, 0.3) is 0 Å². The second kappa shape index (κ2) is 2.66. The maximum absolute atomic E-state index is 9.50. The molecule has 0 unspecified atom stereocenters. The number of carbonyl (C=O) groups is 1. The first kappa shape index (κ1) is 5.43. The van der Waals surface area contributed by atoms with Crippen molar-refractivity contribution in [1.29, 1.82) is 0 Å². The van der Waals surface area contributed by atoms with Crippen LogP contribution in [-0.4, -0.2) is 18.0 Å². The van der Waals surface area contributed by atoms with Crippen molar-refractivity contribution in [2.24, 2.45) is 5.84 Å². The largest absolute Gasteiger partial charge is 0.283 e. The lowest BCUT2D eigenvalue weighted by Crippen LogP contribution is -2.28. The van der Waals surface area contributed by atoms with Crippen LogP contribution in [0.25, 0.3) is 0 Å². The van der Waals surface area contributed by atoms with E-state index in [9.17, 15) is 4.79 Å². The molecule has 0 bridgehead atoms. The van der Waals surface area contributed by atoms with Crippen molar-refractivity contribution in [2.45, 2.75) is 0 Å². The molecule has 0 aromatic rings. The Morgan fingerprint density at radius 2 is 2.50 bits per heavy atom. The predicted molar refractivity (Wildman–Crippen MR) is 22.3 cm³/mol. The van der Waals surface area contributed by atoms with E-state index >= 15 is 0 Å². The number of rotatable bonds is 2. The molecule has 0 fully saturated rings. The van der Waals surface area contributed by atoms with E-state index in [1.165, 1.54) is 0 Å². The van der Waals surface area contributed by atoms with E-state index < -0.39 is 0 Å². The molecular formula is C3H7N2O. The minimum Gasteiger partial charge on any atom is -0.283 e. The van der Waals surface area contributed by atoms with Crippen LogP contribution in [-0.2, 0) is 4.79 Å². The lowest BCUT2D eigenvalue weighted by atomic mass is 10.7. The highest BCUT2D eigenvalue weighted by atomic mass is 16.1. The number of amides is 1. The van der Waals surface area contributed by atoms with Crippen molar-refractivity contribution in [3.05, 3.63) is 6.92 Å². The van der Waals surface area contributed by atoms with Gasteiger partial charge >= 0.3 is 0 Å². The molecule has 1 amide bonds. The van der Waals surface area contributed by atoms with E-state index in [0.717, 1.165) is 5.01 Å². The van der Waals surface area contributed by atoms with E-state index in [-0.39, 0.29) is 0 Å². The van der Waals surface area contributed by atoms with Crippen LogP contribution in [0.15, 0.2) is 0 Å². The molecule has 0 aliphatic carbocycles. The minimum absolute atomic E-state index is 0.323. The van der Waals surface area contributed by atoms with Gasteiger partial charge in [0, 0.05) is 6.54 Å². The quantitative estimate of drug-likeness (QED) is 0.206. The lowest BCUT2D eigenvalue weighted by molar-refractivity contribution is -0.117. The van der Waals surface area contributed by atoms with Gasteiger partial charge in [-0.1, -0.05) is 0 Å². The highest BCUT2D eigenvalue weighted by Gasteiger charge is 1.79. The number of hydrogen-bond acceptors (Lipinski definition) is 2. The molecule has 3 heteroatoms. The fourth-order valence-electron chi connectivity index (χ4n) is 0.0527. The Kier molecular flexibility index (Phi) is 2.40. The smallest absolute Gasteiger partial charge is 0.223 e. The summed E-state index contributed by atoms with van der Waals surface area (Å²) in [6.45, 7) is 3.65. The van der Waals surface area contributed by atoms with Crippen LogP contribution < -0.4 is 5.84 Å². The normalized spacial score (nSPS) is 7.67. The summed E-state index contributed by atoms with van der Waals surface area (Å²) in [6.07, 6.45) is 0.521. The third-order valence-corrected chi connectivity index (χ3v) is 0.394. The van der Waals surface area contributed by atoms with Crippen LogP contribution in [0, 0.1) is 6.92 Å². The first-order valence-electron chi connectivity index (χ1n) is 1.57. The second-order valence-electron chi connectivity index (χ2n) is 0.843. The zero-order chi connectivity index (χ0) is 4.99. The average molecular weight is 87.1 g/mol. The molecule has 0 aromatic carbocycles. The summed E-state index contributed by atoms with van der Waals surface area (Å²) in [5, 5.41) is 0.958. The molecule has 0 aliphatic rings. The Morgan fingerprint density at radius 1 is 2.00 bits per heavy atom. The van der Waals surface area contributed by atoms with Crippen molar-refractivity contribution < 1.29 is 4.79 Å². The van der Waals surface area contributed by atoms with E-state index in [1.54, 1.807) is 0 Å². The van der Waals surface area contributed by atoms with E-state index in [1.807, 2.05) is 0 Å². The Labute approximate surface area is 36.7 Å². The van der Waals surface area contributed by atoms with Crippen LogP contribution >= 0.6 is 0 Å². The van der Waals surface area contributed by atoms with Crippen LogP contribution in [0.2, 0.25) is 0 Å². The van der Waals surface area contributed by atoms with Crippen molar-refractivity contribution in [3.8, 4) is 0 Å². The van der Waals surface area contributed by atoms with Crippen molar-refractivity contribution in [3.63, 3.8) is 0 Å². The fraction of sp³-hybridized carbons (Fsp3) is 0.333. The summed E-state index contributed by atoms with van der Waals surface area (Å²) < 4.78 is 0. The molecule has 0 spiro atoms. The van der Waals surface area contributed by atoms with Crippen molar-refractivity contribution >= 4 is 6.41 Å². The van der Waals surface area contributed by atoms with Gasteiger partial charge in [0.05, 0.1) is 0 Å². The summed E-state index contributed by atoms with van der Waals surface area (Å²) in [7, 11) is 0. The highest BCUT2D eigenvalue weighted by Crippen LogP contribution is 1.59. The summed E-state index contributed by atoms with van der Waals surface area (Å²) in [5.74, 6) is 4.88. The molecule has 0 rings (SSSR count). The summed E-state index contributed by atoms with van der Waals surface area (Å²) in [5.41, 5.74) is 0. The monoisotopic (exact) mass is 87.1 g/mol. The molecule has 0 atom stereocenters. The van der Waals surface area contributed by atoms with Gasteiger partial charge < -0.3 is 0 Å². The summed E-state index contributed by atoms with van der Waals surface area (Å²) in [6, 6.07) is 0. The van der Waals surface area contributed by atoms with Gasteiger partial charge in [-0.25, -0.2) is 5.84 Å². The lowest BCUT2D eigenvalue weighted by Gasteiger charge is -2.01. The fourth-order valence-corrected chi connectivity index (χ4v) is 0.0527. The Morgan fingerprint density at radius 3 is 2.50 bits per heavy atom. The van der Waals surface area contributed by atoms with Crippen LogP contribution in [0.5, 0.6) is 0 Å². The van der Waals surface area contributed by atoms with E-state index in [2.05, 4.69) is 6.92 Å². The zero-order valence-electron chi connectivity index (χ0n) is 3.42. The first-order chi connectivity index (χ1) is 2.81. The first-order valence-corrected chi connectivity index (χ1v) is 1.57. The molecule has 0 aromatic heterocycles. The van der Waals surface area contributed by atoms with Gasteiger partial charge in [-0.2, -0.15) is 0 Å². The Balaban J connectivity index is 2.96. The third kappa shape index (κ3) is 1.72. The molecule has 0 saturated carbocycles. The topological polar surface area (TPSA) is 46.3 Å². The van der Waals surface area contributed by atoms with Gasteiger partial charge in [-0.05, 0) is 6.92 Å². The van der Waals surface area contributed by atoms with E-state index in [0.29, 0.717) is 13.0 Å². The highest BCUT2D eigenvalue weighted by molar-refractivity contribution is 5.45. The second-order valence-corrected chi connectivity index (χ2v) is 0.843. The number of nitrogens with zero attached hydrogens (tertiary/aromatic N) is 1. The molecule has 0 aliphatic heterocycles. The maximum Gasteiger partial charge on any atom is 0.223 e. The zero-order valence-corrected chi connectivity index (χ0v) is 3.42. The minimum atomic E-state index is 0.323. The number of nitrogens with two attached hydrogens (primary N) is 1. The molecule has 3 nitrogen and oxygen atoms in total. The molecule has 0 heterocycles. The van der Waals surface area contributed by atoms with Gasteiger partial charge in [-0.3, -0.25) is 9.80 Å². The van der Waals surface area contributed by atoms with Crippen LogP contribution in [0.1, 0.15) is 0 Å². The number of hydrogen-bond donors (Lipinski definition) is 1. The third-order valence-electron chi connectivity index (χ3n) is 0.394. The van der Waals surface area contributed by atoms with Crippen molar-refractivity contribution in [1.82, 2.24) is 5.01 Å². The van der Waals surface area contributed by atoms with Gasteiger partial charge in [0.1, 0.15) is 0 Å². The standard InChI is InChI=1S/C3H7N2O/c1-2-5(4)3-6/h3H,1-2,4H2.